The number of ether oxygens (including phenoxy) is 2. The van der Waals surface area contributed by atoms with Gasteiger partial charge in [0.15, 0.2) is 0 Å². The van der Waals surface area contributed by atoms with E-state index in [0.29, 0.717) is 32.9 Å². The molecule has 2 unspecified atom stereocenters. The van der Waals surface area contributed by atoms with Gasteiger partial charge in [-0.15, -0.1) is 0 Å². The Bertz CT molecular complexity index is 1390. The number of rotatable bonds is 11. The van der Waals surface area contributed by atoms with E-state index in [0.717, 1.165) is 47.3 Å². The van der Waals surface area contributed by atoms with Gasteiger partial charge in [-0.25, -0.2) is 4.79 Å². The number of hydrogen-bond donors (Lipinski definition) is 1. The van der Waals surface area contributed by atoms with Crippen LogP contribution in [-0.4, -0.2) is 72.6 Å². The summed E-state index contributed by atoms with van der Waals surface area (Å²) in [6.07, 6.45) is 6.50. The Balaban J connectivity index is 1.22. The molecular formula is C30H39N7O3Si. The number of nitriles is 1. The number of benzene rings is 1. The van der Waals surface area contributed by atoms with Gasteiger partial charge in [0.25, 0.3) is 0 Å². The standard InChI is InChI=1S/C30H39N7O3Si/c1-41(2,3)16-15-39-22-36-21-33-28(26-10-13-32-29(26)36)25-17-34-37(19-25)27(9-12-31)24-11-14-35(18-24)30(38)40-20-23-7-5-4-6-8-23/h4-8,10,13,17,19,24,27,32H,9,11,14-16,18,20-22H2,1-3H3. The highest BCUT2D eigenvalue weighted by Gasteiger charge is 2.34. The molecule has 2 atom stereocenters. The summed E-state index contributed by atoms with van der Waals surface area (Å²) in [5.41, 5.74) is 3.75. The van der Waals surface area contributed by atoms with Crippen LogP contribution in [0.25, 0.3) is 0 Å². The molecule has 1 N–H and O–H groups in total. The summed E-state index contributed by atoms with van der Waals surface area (Å²) in [7, 11) is -1.14. The van der Waals surface area contributed by atoms with Gasteiger partial charge >= 0.3 is 6.09 Å². The Morgan fingerprint density at radius 1 is 1.24 bits per heavy atom. The largest absolute Gasteiger partial charge is 0.445 e. The van der Waals surface area contributed by atoms with E-state index < -0.39 is 8.07 Å². The number of carbonyl (C=O) groups excluding carboxylic acids is 1. The fourth-order valence-electron chi connectivity index (χ4n) is 5.32. The highest BCUT2D eigenvalue weighted by Crippen LogP contribution is 2.32. The summed E-state index contributed by atoms with van der Waals surface area (Å²) in [5.74, 6) is 1.09. The molecule has 0 aliphatic carbocycles. The smallest absolute Gasteiger partial charge is 0.410 e. The fraction of sp³-hybridized carbons (Fsp3) is 0.467. The predicted molar refractivity (Wildman–Crippen MR) is 161 cm³/mol. The normalized spacial score (nSPS) is 17.6. The third-order valence-electron chi connectivity index (χ3n) is 7.69. The van der Waals surface area contributed by atoms with Crippen LogP contribution in [0.15, 0.2) is 60.0 Å². The lowest BCUT2D eigenvalue weighted by atomic mass is 9.96. The van der Waals surface area contributed by atoms with Crippen molar-refractivity contribution in [2.75, 3.05) is 38.0 Å². The third-order valence-corrected chi connectivity index (χ3v) is 9.39. The lowest BCUT2D eigenvalue weighted by Gasteiger charge is -2.27. The molecular weight excluding hydrogens is 534 g/mol. The summed E-state index contributed by atoms with van der Waals surface area (Å²) < 4.78 is 13.4. The first kappa shape index (κ1) is 28.6. The molecule has 3 aromatic rings. The van der Waals surface area contributed by atoms with Crippen LogP contribution in [0.3, 0.4) is 0 Å². The van der Waals surface area contributed by atoms with Crippen molar-refractivity contribution in [2.24, 2.45) is 10.9 Å². The van der Waals surface area contributed by atoms with Crippen LogP contribution in [0, 0.1) is 17.2 Å². The molecule has 0 spiro atoms. The SMILES string of the molecule is C[Si](C)(C)CCOCN1CN=C(c2cnn(C(CC#N)C3CCN(C(=O)OCc4ccccc4)C3)c2)c2cc[nH]c21. The first-order chi connectivity index (χ1) is 19.8. The molecule has 2 aromatic heterocycles. The molecule has 10 nitrogen and oxygen atoms in total. The molecule has 4 heterocycles. The number of likely N-dealkylation sites (tertiary alicyclic amines) is 1. The monoisotopic (exact) mass is 573 g/mol. The highest BCUT2D eigenvalue weighted by molar-refractivity contribution is 6.76. The minimum absolute atomic E-state index is 0.103. The third kappa shape index (κ3) is 7.07. The molecule has 1 fully saturated rings. The minimum Gasteiger partial charge on any atom is -0.445 e. The van der Waals surface area contributed by atoms with Crippen molar-refractivity contribution in [3.63, 3.8) is 0 Å². The van der Waals surface area contributed by atoms with Crippen LogP contribution >= 0.6 is 0 Å². The molecule has 1 saturated heterocycles. The van der Waals surface area contributed by atoms with E-state index in [1.54, 1.807) is 4.90 Å². The van der Waals surface area contributed by atoms with Crippen LogP contribution < -0.4 is 4.90 Å². The first-order valence-electron chi connectivity index (χ1n) is 14.2. The molecule has 5 rings (SSSR count). The van der Waals surface area contributed by atoms with Gasteiger partial charge in [0.1, 0.15) is 25.8 Å². The van der Waals surface area contributed by atoms with Crippen LogP contribution in [0.1, 0.15) is 35.6 Å². The number of anilines is 1. The number of nitrogens with one attached hydrogen (secondary N) is 1. The topological polar surface area (TPSA) is 112 Å². The second kappa shape index (κ2) is 12.7. The second-order valence-corrected chi connectivity index (χ2v) is 17.6. The average Bonchev–Trinajstić information content (AvgIpc) is 3.74. The number of amides is 1. The molecule has 0 saturated carbocycles. The maximum absolute atomic E-state index is 12.7. The van der Waals surface area contributed by atoms with Crippen molar-refractivity contribution >= 4 is 25.7 Å². The number of nitrogens with zero attached hydrogens (tertiary/aromatic N) is 6. The fourth-order valence-corrected chi connectivity index (χ4v) is 6.08. The van der Waals surface area contributed by atoms with Gasteiger partial charge in [-0.3, -0.25) is 9.67 Å². The number of aromatic amines is 1. The van der Waals surface area contributed by atoms with E-state index in [9.17, 15) is 10.1 Å². The quantitative estimate of drug-likeness (QED) is 0.248. The summed E-state index contributed by atoms with van der Waals surface area (Å²) >= 11 is 0. The van der Waals surface area contributed by atoms with Gasteiger partial charge in [0, 0.05) is 57.2 Å². The van der Waals surface area contributed by atoms with Crippen LogP contribution in [-0.2, 0) is 16.1 Å². The highest BCUT2D eigenvalue weighted by atomic mass is 28.3. The minimum atomic E-state index is -1.14. The number of hydrogen-bond acceptors (Lipinski definition) is 7. The van der Waals surface area contributed by atoms with E-state index >= 15 is 0 Å². The summed E-state index contributed by atoms with van der Waals surface area (Å²) in [6, 6.07) is 15.0. The maximum atomic E-state index is 12.7. The van der Waals surface area contributed by atoms with Crippen molar-refractivity contribution in [1.29, 1.82) is 5.26 Å². The maximum Gasteiger partial charge on any atom is 0.410 e. The van der Waals surface area contributed by atoms with Crippen molar-refractivity contribution in [2.45, 2.75) is 51.2 Å². The van der Waals surface area contributed by atoms with Gasteiger partial charge in [-0.1, -0.05) is 50.0 Å². The van der Waals surface area contributed by atoms with Gasteiger partial charge in [0.05, 0.1) is 30.4 Å². The van der Waals surface area contributed by atoms with E-state index in [4.69, 9.17) is 14.5 Å². The van der Waals surface area contributed by atoms with Crippen molar-refractivity contribution in [3.8, 4) is 6.07 Å². The molecule has 11 heteroatoms. The molecule has 0 radical (unpaired) electrons. The Labute approximate surface area is 242 Å². The average molecular weight is 574 g/mol. The van der Waals surface area contributed by atoms with Gasteiger partial charge in [-0.05, 0) is 24.1 Å². The van der Waals surface area contributed by atoms with E-state index in [1.165, 1.54) is 0 Å². The van der Waals surface area contributed by atoms with Gasteiger partial charge in [0.2, 0.25) is 0 Å². The number of fused-ring (bicyclic) bond motifs is 1. The second-order valence-electron chi connectivity index (χ2n) is 11.9. The zero-order valence-corrected chi connectivity index (χ0v) is 25.1. The molecule has 0 bridgehead atoms. The zero-order chi connectivity index (χ0) is 28.8. The van der Waals surface area contributed by atoms with Crippen molar-refractivity contribution in [3.05, 3.63) is 71.7 Å². The Kier molecular flexibility index (Phi) is 8.90. The van der Waals surface area contributed by atoms with Crippen LogP contribution in [0.2, 0.25) is 25.7 Å². The van der Waals surface area contributed by atoms with E-state index in [1.807, 2.05) is 59.7 Å². The summed E-state index contributed by atoms with van der Waals surface area (Å²) in [4.78, 5) is 24.8. The van der Waals surface area contributed by atoms with E-state index in [-0.39, 0.29) is 24.7 Å². The van der Waals surface area contributed by atoms with Gasteiger partial charge in [-0.2, -0.15) is 10.4 Å². The van der Waals surface area contributed by atoms with Crippen molar-refractivity contribution in [1.82, 2.24) is 19.7 Å². The Hall–Kier alpha value is -3.88. The molecule has 1 amide bonds. The lowest BCUT2D eigenvalue weighted by Crippen LogP contribution is -2.33. The summed E-state index contributed by atoms with van der Waals surface area (Å²) in [5, 5.41) is 14.3. The van der Waals surface area contributed by atoms with Crippen LogP contribution in [0.4, 0.5) is 10.6 Å². The molecule has 1 aromatic carbocycles. The first-order valence-corrected chi connectivity index (χ1v) is 17.9. The van der Waals surface area contributed by atoms with E-state index in [2.05, 4.69) is 40.7 Å². The lowest BCUT2D eigenvalue weighted by molar-refractivity contribution is 0.102. The molecule has 41 heavy (non-hydrogen) atoms. The Morgan fingerprint density at radius 3 is 2.85 bits per heavy atom. The molecule has 216 valence electrons. The van der Waals surface area contributed by atoms with Crippen molar-refractivity contribution < 1.29 is 14.3 Å². The zero-order valence-electron chi connectivity index (χ0n) is 24.1. The van der Waals surface area contributed by atoms with Gasteiger partial charge < -0.3 is 24.3 Å². The number of aliphatic imine (C=N–C) groups is 1. The van der Waals surface area contributed by atoms with Crippen LogP contribution in [0.5, 0.6) is 0 Å². The number of carbonyl (C=O) groups is 1. The summed E-state index contributed by atoms with van der Waals surface area (Å²) in [6.45, 7) is 10.2. The predicted octanol–water partition coefficient (Wildman–Crippen LogP) is 5.25. The Morgan fingerprint density at radius 2 is 2.07 bits per heavy atom. The molecule has 2 aliphatic rings. The molecule has 2 aliphatic heterocycles. The number of H-pyrrole nitrogens is 1. The number of aromatic nitrogens is 3.